The summed E-state index contributed by atoms with van der Waals surface area (Å²) >= 11 is 0. The molecule has 0 unspecified atom stereocenters. The molecule has 0 aliphatic heterocycles. The van der Waals surface area contributed by atoms with E-state index < -0.39 is 0 Å². The van der Waals surface area contributed by atoms with Crippen LogP contribution >= 0.6 is 0 Å². The van der Waals surface area contributed by atoms with E-state index in [0.29, 0.717) is 5.75 Å². The predicted octanol–water partition coefficient (Wildman–Crippen LogP) is 2.10. The highest BCUT2D eigenvalue weighted by molar-refractivity contribution is 5.82. The fourth-order valence-corrected chi connectivity index (χ4v) is 1.49. The van der Waals surface area contributed by atoms with Gasteiger partial charge in [-0.1, -0.05) is 0 Å². The van der Waals surface area contributed by atoms with Crippen LogP contribution in [0.5, 0.6) is 5.75 Å². The number of esters is 1. The molecule has 3 nitrogen and oxygen atoms in total. The molecule has 0 saturated heterocycles. The van der Waals surface area contributed by atoms with Crippen molar-refractivity contribution in [3.8, 4) is 5.75 Å². The fraction of sp³-hybridized carbons (Fsp3) is 0.182. The molecule has 2 aromatic rings. The van der Waals surface area contributed by atoms with Gasteiger partial charge in [-0.05, 0) is 24.3 Å². The highest BCUT2D eigenvalue weighted by Crippen LogP contribution is 2.21. The van der Waals surface area contributed by atoms with E-state index in [4.69, 9.17) is 4.74 Å². The van der Waals surface area contributed by atoms with Gasteiger partial charge in [0, 0.05) is 31.1 Å². The van der Waals surface area contributed by atoms with Crippen LogP contribution < -0.4 is 4.74 Å². The Labute approximate surface area is 81.9 Å². The van der Waals surface area contributed by atoms with Crippen molar-refractivity contribution < 1.29 is 9.53 Å². The number of aromatic nitrogens is 1. The number of hydrogen-bond donors (Lipinski definition) is 0. The zero-order valence-corrected chi connectivity index (χ0v) is 8.15. The topological polar surface area (TPSA) is 31.2 Å². The van der Waals surface area contributed by atoms with E-state index in [9.17, 15) is 4.79 Å². The number of benzene rings is 1. The first-order valence-corrected chi connectivity index (χ1v) is 4.40. The molecule has 0 aliphatic rings. The second-order valence-electron chi connectivity index (χ2n) is 3.24. The van der Waals surface area contributed by atoms with Crippen LogP contribution in [-0.2, 0) is 11.8 Å². The first kappa shape index (κ1) is 8.81. The highest BCUT2D eigenvalue weighted by Gasteiger charge is 2.01. The van der Waals surface area contributed by atoms with E-state index in [1.165, 1.54) is 6.92 Å². The molecule has 0 bridgehead atoms. The SMILES string of the molecule is CC(=O)Oc1ccc2c(ccn2C)c1. The monoisotopic (exact) mass is 189 g/mol. The van der Waals surface area contributed by atoms with Crippen LogP contribution in [0, 0.1) is 0 Å². The first-order valence-electron chi connectivity index (χ1n) is 4.40. The number of carbonyl (C=O) groups excluding carboxylic acids is 1. The lowest BCUT2D eigenvalue weighted by molar-refractivity contribution is -0.131. The molecule has 0 spiro atoms. The van der Waals surface area contributed by atoms with Crippen LogP contribution in [0.3, 0.4) is 0 Å². The molecule has 0 saturated carbocycles. The van der Waals surface area contributed by atoms with Gasteiger partial charge in [0.2, 0.25) is 0 Å². The van der Waals surface area contributed by atoms with Crippen LogP contribution in [0.2, 0.25) is 0 Å². The molecule has 0 fully saturated rings. The maximum atomic E-state index is 10.7. The third-order valence-corrected chi connectivity index (χ3v) is 2.12. The minimum Gasteiger partial charge on any atom is -0.427 e. The predicted molar refractivity (Wildman–Crippen MR) is 54.2 cm³/mol. The Morgan fingerprint density at radius 3 is 2.86 bits per heavy atom. The van der Waals surface area contributed by atoms with E-state index in [0.717, 1.165) is 10.9 Å². The second kappa shape index (κ2) is 3.18. The van der Waals surface area contributed by atoms with Crippen molar-refractivity contribution in [1.82, 2.24) is 4.57 Å². The molecular weight excluding hydrogens is 178 g/mol. The van der Waals surface area contributed by atoms with E-state index in [-0.39, 0.29) is 5.97 Å². The summed E-state index contributed by atoms with van der Waals surface area (Å²) in [5, 5.41) is 1.08. The number of carbonyl (C=O) groups is 1. The summed E-state index contributed by atoms with van der Waals surface area (Å²) < 4.78 is 7.00. The van der Waals surface area contributed by atoms with Crippen molar-refractivity contribution in [2.24, 2.45) is 7.05 Å². The minimum absolute atomic E-state index is 0.291. The van der Waals surface area contributed by atoms with Crippen LogP contribution in [-0.4, -0.2) is 10.5 Å². The zero-order valence-electron chi connectivity index (χ0n) is 8.15. The summed E-state index contributed by atoms with van der Waals surface area (Å²) in [6.07, 6.45) is 1.97. The van der Waals surface area contributed by atoms with Gasteiger partial charge < -0.3 is 9.30 Å². The van der Waals surface area contributed by atoms with E-state index in [1.54, 1.807) is 6.07 Å². The third kappa shape index (κ3) is 1.48. The Morgan fingerprint density at radius 2 is 2.14 bits per heavy atom. The molecule has 0 amide bonds. The van der Waals surface area contributed by atoms with Crippen molar-refractivity contribution in [1.29, 1.82) is 0 Å². The molecule has 3 heteroatoms. The van der Waals surface area contributed by atoms with Crippen LogP contribution in [0.15, 0.2) is 30.5 Å². The molecule has 1 aromatic carbocycles. The van der Waals surface area contributed by atoms with E-state index in [2.05, 4.69) is 0 Å². The van der Waals surface area contributed by atoms with Crippen LogP contribution in [0.4, 0.5) is 0 Å². The van der Waals surface area contributed by atoms with Crippen molar-refractivity contribution in [2.75, 3.05) is 0 Å². The highest BCUT2D eigenvalue weighted by atomic mass is 16.5. The standard InChI is InChI=1S/C11H11NO2/c1-8(13)14-10-3-4-11-9(7-10)5-6-12(11)2/h3-7H,1-2H3. The lowest BCUT2D eigenvalue weighted by Crippen LogP contribution is -2.00. The average Bonchev–Trinajstić information content (AvgIpc) is 2.46. The largest absolute Gasteiger partial charge is 0.427 e. The number of fused-ring (bicyclic) bond motifs is 1. The summed E-state index contributed by atoms with van der Waals surface area (Å²) in [4.78, 5) is 10.7. The van der Waals surface area contributed by atoms with E-state index >= 15 is 0 Å². The molecule has 72 valence electrons. The fourth-order valence-electron chi connectivity index (χ4n) is 1.49. The third-order valence-electron chi connectivity index (χ3n) is 2.12. The zero-order chi connectivity index (χ0) is 10.1. The van der Waals surface area contributed by atoms with Crippen molar-refractivity contribution in [3.63, 3.8) is 0 Å². The van der Waals surface area contributed by atoms with Gasteiger partial charge in [-0.2, -0.15) is 0 Å². The normalized spacial score (nSPS) is 10.4. The summed E-state index contributed by atoms with van der Waals surface area (Å²) in [6, 6.07) is 7.58. The van der Waals surface area contributed by atoms with Gasteiger partial charge in [0.1, 0.15) is 5.75 Å². The summed E-state index contributed by atoms with van der Waals surface area (Å²) in [5.74, 6) is 0.302. The quantitative estimate of drug-likeness (QED) is 0.508. The molecular formula is C11H11NO2. The Bertz CT molecular complexity index is 485. The smallest absolute Gasteiger partial charge is 0.308 e. The van der Waals surface area contributed by atoms with Crippen LogP contribution in [0.25, 0.3) is 10.9 Å². The molecule has 0 atom stereocenters. The van der Waals surface area contributed by atoms with Gasteiger partial charge in [0.15, 0.2) is 0 Å². The minimum atomic E-state index is -0.291. The number of hydrogen-bond acceptors (Lipinski definition) is 2. The Hall–Kier alpha value is -1.77. The van der Waals surface area contributed by atoms with Gasteiger partial charge in [0.05, 0.1) is 0 Å². The summed E-state index contributed by atoms with van der Waals surface area (Å²) in [7, 11) is 1.98. The number of nitrogens with zero attached hydrogens (tertiary/aromatic N) is 1. The Kier molecular flexibility index (Phi) is 2.00. The lowest BCUT2D eigenvalue weighted by Gasteiger charge is -2.01. The number of rotatable bonds is 1. The second-order valence-corrected chi connectivity index (χ2v) is 3.24. The maximum absolute atomic E-state index is 10.7. The molecule has 14 heavy (non-hydrogen) atoms. The number of aryl methyl sites for hydroxylation is 1. The molecule has 0 N–H and O–H groups in total. The molecule has 1 heterocycles. The molecule has 1 aromatic heterocycles. The van der Waals surface area contributed by atoms with E-state index in [1.807, 2.05) is 36.0 Å². The van der Waals surface area contributed by atoms with Crippen LogP contribution in [0.1, 0.15) is 6.92 Å². The maximum Gasteiger partial charge on any atom is 0.308 e. The lowest BCUT2D eigenvalue weighted by atomic mass is 10.2. The molecule has 0 radical (unpaired) electrons. The van der Waals surface area contributed by atoms with Crippen molar-refractivity contribution in [3.05, 3.63) is 30.5 Å². The van der Waals surface area contributed by atoms with Gasteiger partial charge in [-0.3, -0.25) is 4.79 Å². The van der Waals surface area contributed by atoms with Crippen molar-refractivity contribution >= 4 is 16.9 Å². The molecule has 2 rings (SSSR count). The average molecular weight is 189 g/mol. The Balaban J connectivity index is 2.46. The first-order chi connectivity index (χ1) is 6.66. The Morgan fingerprint density at radius 1 is 1.36 bits per heavy atom. The van der Waals surface area contributed by atoms with Gasteiger partial charge in [-0.25, -0.2) is 0 Å². The van der Waals surface area contributed by atoms with Gasteiger partial charge in [0.25, 0.3) is 0 Å². The number of ether oxygens (including phenoxy) is 1. The van der Waals surface area contributed by atoms with Gasteiger partial charge >= 0.3 is 5.97 Å². The van der Waals surface area contributed by atoms with Gasteiger partial charge in [-0.15, -0.1) is 0 Å². The van der Waals surface area contributed by atoms with Crippen molar-refractivity contribution in [2.45, 2.75) is 6.92 Å². The summed E-state index contributed by atoms with van der Waals surface area (Å²) in [5.41, 5.74) is 1.13. The summed E-state index contributed by atoms with van der Waals surface area (Å²) in [6.45, 7) is 1.40. The molecule has 0 aliphatic carbocycles.